The van der Waals surface area contributed by atoms with Crippen LogP contribution in [0.1, 0.15) is 18.9 Å². The van der Waals surface area contributed by atoms with E-state index >= 15 is 0 Å². The van der Waals surface area contributed by atoms with Crippen molar-refractivity contribution >= 4 is 45.3 Å². The van der Waals surface area contributed by atoms with Crippen LogP contribution in [0.4, 0.5) is 10.6 Å². The molecule has 1 N–H and O–H groups in total. The van der Waals surface area contributed by atoms with Crippen molar-refractivity contribution in [3.63, 3.8) is 0 Å². The lowest BCUT2D eigenvalue weighted by Crippen LogP contribution is -2.31. The van der Waals surface area contributed by atoms with Crippen LogP contribution in [-0.4, -0.2) is 33.4 Å². The van der Waals surface area contributed by atoms with E-state index in [1.807, 2.05) is 36.8 Å². The maximum absolute atomic E-state index is 11.5. The number of rotatable bonds is 4. The summed E-state index contributed by atoms with van der Waals surface area (Å²) in [7, 11) is 0. The Morgan fingerprint density at radius 2 is 2.30 bits per heavy atom. The molecule has 2 heterocycles. The molecule has 0 bridgehead atoms. The zero-order valence-electron chi connectivity index (χ0n) is 11.6. The van der Waals surface area contributed by atoms with Crippen molar-refractivity contribution in [2.75, 3.05) is 17.7 Å². The van der Waals surface area contributed by atoms with Crippen molar-refractivity contribution in [1.29, 1.82) is 0 Å². The lowest BCUT2D eigenvalue weighted by molar-refractivity contribution is 0.201. The number of pyridine rings is 1. The van der Waals surface area contributed by atoms with E-state index < -0.39 is 6.09 Å². The molecule has 0 aliphatic carbocycles. The number of aromatic nitrogens is 2. The highest BCUT2D eigenvalue weighted by molar-refractivity contribution is 9.10. The van der Waals surface area contributed by atoms with Crippen LogP contribution in [0.3, 0.4) is 0 Å². The molecule has 0 aliphatic heterocycles. The number of carbonyl (C=O) groups is 1. The quantitative estimate of drug-likeness (QED) is 0.839. The molecule has 20 heavy (non-hydrogen) atoms. The molecule has 0 aliphatic rings. The molecule has 2 aromatic heterocycles. The smallest absolute Gasteiger partial charge is 0.413 e. The molecular weight excluding hydrogens is 342 g/mol. The first-order valence-electron chi connectivity index (χ1n) is 6.22. The van der Waals surface area contributed by atoms with Crippen LogP contribution < -0.4 is 4.90 Å². The third kappa shape index (κ3) is 2.64. The van der Waals surface area contributed by atoms with Crippen LogP contribution in [0.15, 0.2) is 21.8 Å². The lowest BCUT2D eigenvalue weighted by Gasteiger charge is -2.19. The monoisotopic (exact) mass is 357 g/mol. The van der Waals surface area contributed by atoms with Crippen LogP contribution in [0.5, 0.6) is 0 Å². The molecule has 0 saturated carbocycles. The average molecular weight is 358 g/mol. The normalized spacial score (nSPS) is 11.0. The SMILES string of the molecule is CCCN(C(=O)O)c1c(SC)nc2c(Br)cc(C)cn12. The zero-order chi connectivity index (χ0) is 14.9. The minimum absolute atomic E-state index is 0.447. The van der Waals surface area contributed by atoms with Gasteiger partial charge in [-0.3, -0.25) is 9.30 Å². The number of anilines is 1. The van der Waals surface area contributed by atoms with Crippen LogP contribution in [0.2, 0.25) is 0 Å². The molecule has 0 spiro atoms. The summed E-state index contributed by atoms with van der Waals surface area (Å²) in [5.74, 6) is 0.617. The van der Waals surface area contributed by atoms with Gasteiger partial charge in [0, 0.05) is 12.7 Å². The third-order valence-corrected chi connectivity index (χ3v) is 4.13. The highest BCUT2D eigenvalue weighted by Gasteiger charge is 2.23. The van der Waals surface area contributed by atoms with Gasteiger partial charge in [-0.1, -0.05) is 6.92 Å². The minimum atomic E-state index is -0.957. The second-order valence-corrected chi connectivity index (χ2v) is 6.09. The molecule has 0 radical (unpaired) electrons. The molecule has 1 amide bonds. The highest BCUT2D eigenvalue weighted by atomic mass is 79.9. The summed E-state index contributed by atoms with van der Waals surface area (Å²) in [4.78, 5) is 17.4. The van der Waals surface area contributed by atoms with E-state index in [2.05, 4.69) is 20.9 Å². The zero-order valence-corrected chi connectivity index (χ0v) is 14.0. The van der Waals surface area contributed by atoms with E-state index in [-0.39, 0.29) is 0 Å². The second kappa shape index (κ2) is 6.05. The minimum Gasteiger partial charge on any atom is -0.465 e. The standard InChI is InChI=1S/C13H16BrN3O2S/c1-4-5-16(13(18)19)12-11(20-3)15-10-9(14)6-8(2)7-17(10)12/h6-7H,4-5H2,1-3H3,(H,18,19). The van der Waals surface area contributed by atoms with Crippen LogP contribution in [-0.2, 0) is 0 Å². The largest absolute Gasteiger partial charge is 0.465 e. The summed E-state index contributed by atoms with van der Waals surface area (Å²) in [5.41, 5.74) is 1.77. The number of hydrogen-bond acceptors (Lipinski definition) is 3. The van der Waals surface area contributed by atoms with Gasteiger partial charge in [0.15, 0.2) is 11.5 Å². The van der Waals surface area contributed by atoms with Crippen molar-refractivity contribution in [2.45, 2.75) is 25.3 Å². The Bertz CT molecular complexity index is 657. The fraction of sp³-hybridized carbons (Fsp3) is 0.385. The Kier molecular flexibility index (Phi) is 4.59. The number of nitrogens with zero attached hydrogens (tertiary/aromatic N) is 3. The van der Waals surface area contributed by atoms with Gasteiger partial charge in [-0.25, -0.2) is 9.78 Å². The Labute approximate surface area is 130 Å². The van der Waals surface area contributed by atoms with Gasteiger partial charge in [0.2, 0.25) is 0 Å². The maximum Gasteiger partial charge on any atom is 0.413 e. The molecule has 2 rings (SSSR count). The fourth-order valence-corrected chi connectivity index (χ4v) is 3.31. The van der Waals surface area contributed by atoms with Gasteiger partial charge in [0.05, 0.1) is 4.47 Å². The van der Waals surface area contributed by atoms with Crippen molar-refractivity contribution in [1.82, 2.24) is 9.38 Å². The summed E-state index contributed by atoms with van der Waals surface area (Å²) in [6, 6.07) is 1.97. The molecule has 0 aromatic carbocycles. The first-order chi connectivity index (χ1) is 9.49. The van der Waals surface area contributed by atoms with Gasteiger partial charge in [-0.15, -0.1) is 11.8 Å². The van der Waals surface area contributed by atoms with Gasteiger partial charge in [-0.05, 0) is 47.2 Å². The van der Waals surface area contributed by atoms with E-state index in [1.54, 1.807) is 0 Å². The number of thioether (sulfide) groups is 1. The third-order valence-electron chi connectivity index (χ3n) is 2.88. The summed E-state index contributed by atoms with van der Waals surface area (Å²) < 4.78 is 2.70. The number of hydrogen-bond donors (Lipinski definition) is 1. The van der Waals surface area contributed by atoms with Gasteiger partial charge < -0.3 is 5.11 Å². The van der Waals surface area contributed by atoms with E-state index in [0.29, 0.717) is 17.4 Å². The number of imidazole rings is 1. The van der Waals surface area contributed by atoms with E-state index in [0.717, 1.165) is 22.1 Å². The summed E-state index contributed by atoms with van der Waals surface area (Å²) in [6.45, 7) is 4.37. The van der Waals surface area contributed by atoms with Gasteiger partial charge in [-0.2, -0.15) is 0 Å². The van der Waals surface area contributed by atoms with Gasteiger partial charge >= 0.3 is 6.09 Å². The molecular formula is C13H16BrN3O2S. The molecule has 2 aromatic rings. The summed E-state index contributed by atoms with van der Waals surface area (Å²) >= 11 is 4.94. The molecule has 0 unspecified atom stereocenters. The number of carboxylic acid groups (broad SMARTS) is 1. The number of amides is 1. The molecule has 108 valence electrons. The first-order valence-corrected chi connectivity index (χ1v) is 8.24. The molecule has 0 saturated heterocycles. The van der Waals surface area contributed by atoms with Crippen LogP contribution >= 0.6 is 27.7 Å². The van der Waals surface area contributed by atoms with Crippen LogP contribution in [0, 0.1) is 6.92 Å². The number of aryl methyl sites for hydroxylation is 1. The lowest BCUT2D eigenvalue weighted by atomic mass is 10.3. The van der Waals surface area contributed by atoms with Crippen molar-refractivity contribution in [2.24, 2.45) is 0 Å². The van der Waals surface area contributed by atoms with Crippen LogP contribution in [0.25, 0.3) is 5.65 Å². The predicted octanol–water partition coefficient (Wildman–Crippen LogP) is 4.02. The van der Waals surface area contributed by atoms with Gasteiger partial charge in [0.1, 0.15) is 5.03 Å². The Morgan fingerprint density at radius 3 is 2.85 bits per heavy atom. The number of halogens is 1. The Hall–Kier alpha value is -1.21. The summed E-state index contributed by atoms with van der Waals surface area (Å²) in [5, 5.41) is 10.2. The molecule has 0 fully saturated rings. The van der Waals surface area contributed by atoms with Crippen molar-refractivity contribution in [3.8, 4) is 0 Å². The first kappa shape index (κ1) is 15.2. The Balaban J connectivity index is 2.74. The maximum atomic E-state index is 11.5. The highest BCUT2D eigenvalue weighted by Crippen LogP contribution is 2.33. The van der Waals surface area contributed by atoms with E-state index in [1.165, 1.54) is 16.7 Å². The van der Waals surface area contributed by atoms with E-state index in [4.69, 9.17) is 0 Å². The molecule has 0 atom stereocenters. The topological polar surface area (TPSA) is 57.8 Å². The average Bonchev–Trinajstić information content (AvgIpc) is 2.74. The molecule has 7 heteroatoms. The molecule has 5 nitrogen and oxygen atoms in total. The van der Waals surface area contributed by atoms with E-state index in [9.17, 15) is 9.90 Å². The second-order valence-electron chi connectivity index (χ2n) is 4.44. The summed E-state index contributed by atoms with van der Waals surface area (Å²) in [6.07, 6.45) is 3.60. The van der Waals surface area contributed by atoms with Crippen molar-refractivity contribution in [3.05, 3.63) is 22.3 Å². The number of fused-ring (bicyclic) bond motifs is 1. The predicted molar refractivity (Wildman–Crippen MR) is 85.1 cm³/mol. The fourth-order valence-electron chi connectivity index (χ4n) is 2.10. The van der Waals surface area contributed by atoms with Crippen molar-refractivity contribution < 1.29 is 9.90 Å². The Morgan fingerprint density at radius 1 is 1.60 bits per heavy atom. The van der Waals surface area contributed by atoms with Gasteiger partial charge in [0.25, 0.3) is 0 Å².